The monoisotopic (exact) mass is 487 g/mol. The molecule has 3 atom stereocenters. The van der Waals surface area contributed by atoms with Crippen molar-refractivity contribution in [3.63, 3.8) is 0 Å². The van der Waals surface area contributed by atoms with Gasteiger partial charge in [-0.2, -0.15) is 0 Å². The summed E-state index contributed by atoms with van der Waals surface area (Å²) >= 11 is 0. The molecule has 35 heavy (non-hydrogen) atoms. The Morgan fingerprint density at radius 3 is 2.54 bits per heavy atom. The lowest BCUT2D eigenvalue weighted by Gasteiger charge is -2.43. The normalized spacial score (nSPS) is 21.3. The first-order valence-electron chi connectivity index (χ1n) is 13.0. The van der Waals surface area contributed by atoms with E-state index in [-0.39, 0.29) is 23.7 Å². The minimum atomic E-state index is -0.129. The van der Waals surface area contributed by atoms with E-state index in [0.29, 0.717) is 13.3 Å². The molecule has 0 radical (unpaired) electrons. The highest BCUT2D eigenvalue weighted by molar-refractivity contribution is 5.37. The van der Waals surface area contributed by atoms with E-state index >= 15 is 0 Å². The summed E-state index contributed by atoms with van der Waals surface area (Å²) in [5.41, 5.74) is 6.39. The van der Waals surface area contributed by atoms with E-state index in [4.69, 9.17) is 9.47 Å². The molecular weight excluding hydrogens is 442 g/mol. The van der Waals surface area contributed by atoms with Crippen LogP contribution in [0.1, 0.15) is 51.4 Å². The third kappa shape index (κ3) is 6.62. The maximum absolute atomic E-state index is 12.4. The number of morpholine rings is 1. The summed E-state index contributed by atoms with van der Waals surface area (Å²) in [7, 11) is 0. The molecule has 0 saturated carbocycles. The number of rotatable bonds is 11. The first kappa shape index (κ1) is 27.6. The van der Waals surface area contributed by atoms with Crippen LogP contribution in [0.15, 0.2) is 33.9 Å². The van der Waals surface area contributed by atoms with E-state index in [0.717, 1.165) is 56.2 Å². The first-order chi connectivity index (χ1) is 16.8. The molecule has 1 saturated heterocycles. The molecule has 2 aliphatic heterocycles. The van der Waals surface area contributed by atoms with Crippen LogP contribution in [-0.2, 0) is 16.0 Å². The van der Waals surface area contributed by atoms with E-state index in [1.807, 2.05) is 19.9 Å². The van der Waals surface area contributed by atoms with Gasteiger partial charge in [0.2, 0.25) is 0 Å². The van der Waals surface area contributed by atoms with E-state index in [9.17, 15) is 4.79 Å². The van der Waals surface area contributed by atoms with Crippen LogP contribution in [0, 0.1) is 13.8 Å². The molecule has 1 aromatic rings. The second-order valence-corrected chi connectivity index (χ2v) is 9.65. The first-order valence-corrected chi connectivity index (χ1v) is 13.0. The molecule has 1 fully saturated rings. The van der Waals surface area contributed by atoms with Crippen molar-refractivity contribution in [2.75, 3.05) is 46.1 Å². The Morgan fingerprint density at radius 1 is 1.20 bits per heavy atom. The second-order valence-electron chi connectivity index (χ2n) is 9.65. The number of hydrogen-bond donors (Lipinski definition) is 3. The average molecular weight is 488 g/mol. The van der Waals surface area contributed by atoms with Gasteiger partial charge in [0.1, 0.15) is 6.10 Å². The molecule has 3 heterocycles. The lowest BCUT2D eigenvalue weighted by atomic mass is 9.90. The SMILES string of the molecule is CCN[C@H](C)C1=CN(CC)C(C(C)N2CCOCC2)=C(C)C1OCNCc1c(C)cc(C)[nH]c1=O. The Kier molecular flexibility index (Phi) is 10.1. The topological polar surface area (TPSA) is 81.9 Å². The lowest BCUT2D eigenvalue weighted by Crippen LogP contribution is -2.48. The predicted octanol–water partition coefficient (Wildman–Crippen LogP) is 2.64. The molecule has 0 bridgehead atoms. The third-order valence-corrected chi connectivity index (χ3v) is 7.20. The number of likely N-dealkylation sites (N-methyl/N-ethyl adjacent to an activating group) is 2. The van der Waals surface area contributed by atoms with Crippen LogP contribution in [-0.4, -0.2) is 79.1 Å². The van der Waals surface area contributed by atoms with Gasteiger partial charge in [-0.3, -0.25) is 15.0 Å². The van der Waals surface area contributed by atoms with Gasteiger partial charge in [-0.25, -0.2) is 0 Å². The van der Waals surface area contributed by atoms with E-state index in [2.05, 4.69) is 66.2 Å². The highest BCUT2D eigenvalue weighted by Gasteiger charge is 2.34. The maximum atomic E-state index is 12.4. The van der Waals surface area contributed by atoms with E-state index < -0.39 is 0 Å². The predicted molar refractivity (Wildman–Crippen MR) is 141 cm³/mol. The molecule has 0 aliphatic carbocycles. The van der Waals surface area contributed by atoms with Crippen molar-refractivity contribution in [1.82, 2.24) is 25.4 Å². The number of aryl methyl sites for hydroxylation is 2. The Balaban J connectivity index is 1.80. The number of nitrogens with one attached hydrogen (secondary N) is 3. The van der Waals surface area contributed by atoms with Crippen LogP contribution < -0.4 is 16.2 Å². The summed E-state index contributed by atoms with van der Waals surface area (Å²) in [6.07, 6.45) is 2.15. The summed E-state index contributed by atoms with van der Waals surface area (Å²) in [4.78, 5) is 20.2. The Morgan fingerprint density at radius 2 is 1.91 bits per heavy atom. The van der Waals surface area contributed by atoms with Gasteiger partial charge in [-0.15, -0.1) is 0 Å². The van der Waals surface area contributed by atoms with Crippen molar-refractivity contribution < 1.29 is 9.47 Å². The van der Waals surface area contributed by atoms with Gasteiger partial charge < -0.3 is 24.7 Å². The molecule has 0 amide bonds. The molecule has 0 spiro atoms. The molecule has 2 unspecified atom stereocenters. The number of nitrogens with zero attached hydrogens (tertiary/aromatic N) is 2. The van der Waals surface area contributed by atoms with Gasteiger partial charge in [-0.05, 0) is 70.9 Å². The zero-order valence-corrected chi connectivity index (χ0v) is 22.7. The molecule has 8 nitrogen and oxygen atoms in total. The number of H-pyrrole nitrogens is 1. The minimum Gasteiger partial charge on any atom is -0.379 e. The lowest BCUT2D eigenvalue weighted by molar-refractivity contribution is 0.0206. The Labute approximate surface area is 210 Å². The largest absolute Gasteiger partial charge is 0.379 e. The number of aromatic amines is 1. The second kappa shape index (κ2) is 12.8. The van der Waals surface area contributed by atoms with Crippen molar-refractivity contribution in [3.8, 4) is 0 Å². The number of pyridine rings is 1. The van der Waals surface area contributed by atoms with Crippen molar-refractivity contribution in [1.29, 1.82) is 0 Å². The third-order valence-electron chi connectivity index (χ3n) is 7.20. The number of aromatic nitrogens is 1. The molecule has 3 rings (SSSR count). The molecule has 196 valence electrons. The highest BCUT2D eigenvalue weighted by Crippen LogP contribution is 2.33. The Bertz CT molecular complexity index is 964. The maximum Gasteiger partial charge on any atom is 0.252 e. The molecular formula is C27H45N5O3. The van der Waals surface area contributed by atoms with Gasteiger partial charge in [-0.1, -0.05) is 6.92 Å². The summed E-state index contributed by atoms with van der Waals surface area (Å²) in [5.74, 6) is 0. The highest BCUT2D eigenvalue weighted by atomic mass is 16.5. The van der Waals surface area contributed by atoms with Gasteiger partial charge in [0.25, 0.3) is 5.56 Å². The van der Waals surface area contributed by atoms with Gasteiger partial charge >= 0.3 is 0 Å². The van der Waals surface area contributed by atoms with Crippen molar-refractivity contribution in [3.05, 3.63) is 56.3 Å². The smallest absolute Gasteiger partial charge is 0.252 e. The summed E-state index contributed by atoms with van der Waals surface area (Å²) in [6, 6.07) is 2.47. The zero-order chi connectivity index (χ0) is 25.5. The van der Waals surface area contributed by atoms with E-state index in [1.165, 1.54) is 16.8 Å². The molecule has 2 aliphatic rings. The fourth-order valence-electron chi connectivity index (χ4n) is 5.30. The average Bonchev–Trinajstić information content (AvgIpc) is 2.83. The number of ether oxygens (including phenoxy) is 2. The molecule has 1 aromatic heterocycles. The molecule has 3 N–H and O–H groups in total. The van der Waals surface area contributed by atoms with Crippen molar-refractivity contribution >= 4 is 0 Å². The fourth-order valence-corrected chi connectivity index (χ4v) is 5.30. The van der Waals surface area contributed by atoms with Gasteiger partial charge in [0, 0.05) is 61.4 Å². The van der Waals surface area contributed by atoms with Crippen LogP contribution in [0.3, 0.4) is 0 Å². The van der Waals surface area contributed by atoms with Crippen molar-refractivity contribution in [2.24, 2.45) is 0 Å². The fraction of sp³-hybridized carbons (Fsp3) is 0.667. The summed E-state index contributed by atoms with van der Waals surface area (Å²) in [6.45, 7) is 21.0. The number of hydrogen-bond acceptors (Lipinski definition) is 7. The molecule has 0 aromatic carbocycles. The van der Waals surface area contributed by atoms with Crippen LogP contribution in [0.2, 0.25) is 0 Å². The van der Waals surface area contributed by atoms with E-state index in [1.54, 1.807) is 0 Å². The van der Waals surface area contributed by atoms with Crippen LogP contribution in [0.25, 0.3) is 0 Å². The summed E-state index contributed by atoms with van der Waals surface area (Å²) in [5, 5.41) is 6.91. The minimum absolute atomic E-state index is 0.0368. The van der Waals surface area contributed by atoms with Gasteiger partial charge in [0.15, 0.2) is 0 Å². The standard InChI is InChI=1S/C27H45N5O3/c1-8-29-21(6)24-16-31(9-2)25(22(7)32-10-12-34-13-11-32)20(5)26(24)35-17-28-15-23-18(3)14-19(4)30-27(23)33/h14,16,21-22,26,28-29H,8-13,15,17H2,1-7H3,(H,30,33)/t21-,22?,26?/m1/s1. The van der Waals surface area contributed by atoms with Crippen LogP contribution in [0.4, 0.5) is 0 Å². The quantitative estimate of drug-likeness (QED) is 0.327. The van der Waals surface area contributed by atoms with Crippen molar-refractivity contribution in [2.45, 2.75) is 73.2 Å². The van der Waals surface area contributed by atoms with Crippen LogP contribution in [0.5, 0.6) is 0 Å². The van der Waals surface area contributed by atoms with Crippen LogP contribution >= 0.6 is 0 Å². The molecule has 8 heteroatoms. The van der Waals surface area contributed by atoms with Gasteiger partial charge in [0.05, 0.1) is 19.9 Å². The Hall–Kier alpha value is -1.97. The zero-order valence-electron chi connectivity index (χ0n) is 22.7. The summed E-state index contributed by atoms with van der Waals surface area (Å²) < 4.78 is 12.1.